The van der Waals surface area contributed by atoms with Crippen LogP contribution in [0.4, 0.5) is 11.4 Å². The van der Waals surface area contributed by atoms with Gasteiger partial charge in [0.1, 0.15) is 5.75 Å². The molecule has 3 rings (SSSR count). The summed E-state index contributed by atoms with van der Waals surface area (Å²) in [7, 11) is 0. The van der Waals surface area contributed by atoms with Crippen molar-refractivity contribution in [3.63, 3.8) is 0 Å². The predicted molar refractivity (Wildman–Crippen MR) is 119 cm³/mol. The Morgan fingerprint density at radius 3 is 2.38 bits per heavy atom. The molecule has 2 N–H and O–H groups in total. The van der Waals surface area contributed by atoms with Crippen LogP contribution in [0.3, 0.4) is 0 Å². The number of benzene rings is 3. The van der Waals surface area contributed by atoms with Crippen LogP contribution in [0.25, 0.3) is 0 Å². The molecule has 0 aliphatic carbocycles. The van der Waals surface area contributed by atoms with Crippen LogP contribution in [0.1, 0.15) is 21.5 Å². The van der Waals surface area contributed by atoms with Gasteiger partial charge in [-0.3, -0.25) is 9.59 Å². The standard InChI is InChI=1S/C23H21BrN2O3/c1-15-7-12-20(16(2)13-15)26-23(28)19-5-3-4-6-21(19)29-14-22(27)25-18-10-8-17(24)9-11-18/h3-13H,14H2,1-2H3,(H,25,27)(H,26,28). The first-order valence-electron chi connectivity index (χ1n) is 9.08. The number of para-hydroxylation sites is 1. The lowest BCUT2D eigenvalue weighted by molar-refractivity contribution is -0.118. The summed E-state index contributed by atoms with van der Waals surface area (Å²) in [5, 5.41) is 5.66. The van der Waals surface area contributed by atoms with Crippen LogP contribution >= 0.6 is 15.9 Å². The Hall–Kier alpha value is -3.12. The van der Waals surface area contributed by atoms with E-state index in [0.29, 0.717) is 17.0 Å². The van der Waals surface area contributed by atoms with E-state index in [1.54, 1.807) is 36.4 Å². The molecule has 0 aromatic heterocycles. The monoisotopic (exact) mass is 452 g/mol. The molecule has 0 aliphatic heterocycles. The van der Waals surface area contributed by atoms with Crippen molar-refractivity contribution in [2.75, 3.05) is 17.2 Å². The van der Waals surface area contributed by atoms with Crippen molar-refractivity contribution in [3.8, 4) is 5.75 Å². The van der Waals surface area contributed by atoms with Crippen molar-refractivity contribution in [2.45, 2.75) is 13.8 Å². The second-order valence-electron chi connectivity index (χ2n) is 6.61. The molecule has 0 saturated carbocycles. The zero-order chi connectivity index (χ0) is 20.8. The minimum Gasteiger partial charge on any atom is -0.483 e. The van der Waals surface area contributed by atoms with Crippen LogP contribution in [0, 0.1) is 13.8 Å². The molecule has 0 radical (unpaired) electrons. The normalized spacial score (nSPS) is 10.3. The summed E-state index contributed by atoms with van der Waals surface area (Å²) in [6.45, 7) is 3.74. The van der Waals surface area contributed by atoms with Crippen LogP contribution in [0.2, 0.25) is 0 Å². The minimum absolute atomic E-state index is 0.204. The topological polar surface area (TPSA) is 67.4 Å². The summed E-state index contributed by atoms with van der Waals surface area (Å²) in [4.78, 5) is 24.9. The third kappa shape index (κ3) is 5.68. The molecular weight excluding hydrogens is 432 g/mol. The van der Waals surface area contributed by atoms with Gasteiger partial charge in [0.25, 0.3) is 11.8 Å². The van der Waals surface area contributed by atoms with E-state index in [1.807, 2.05) is 44.2 Å². The Labute approximate surface area is 178 Å². The number of nitrogens with one attached hydrogen (secondary N) is 2. The Balaban J connectivity index is 1.65. The number of halogens is 1. The minimum atomic E-state index is -0.308. The number of aryl methyl sites for hydroxylation is 2. The second-order valence-corrected chi connectivity index (χ2v) is 7.53. The molecule has 0 saturated heterocycles. The van der Waals surface area contributed by atoms with Crippen LogP contribution < -0.4 is 15.4 Å². The van der Waals surface area contributed by atoms with E-state index in [9.17, 15) is 9.59 Å². The summed E-state index contributed by atoms with van der Waals surface area (Å²) in [5.74, 6) is -0.251. The first-order chi connectivity index (χ1) is 13.9. The zero-order valence-corrected chi connectivity index (χ0v) is 17.7. The molecule has 0 spiro atoms. The predicted octanol–water partition coefficient (Wildman–Crippen LogP) is 5.34. The average Bonchev–Trinajstić information content (AvgIpc) is 2.70. The number of anilines is 2. The third-order valence-electron chi connectivity index (χ3n) is 4.25. The van der Waals surface area contributed by atoms with Gasteiger partial charge < -0.3 is 15.4 Å². The molecule has 0 fully saturated rings. The lowest BCUT2D eigenvalue weighted by atomic mass is 10.1. The number of carbonyl (C=O) groups is 2. The van der Waals surface area contributed by atoms with Gasteiger partial charge in [-0.1, -0.05) is 45.8 Å². The maximum atomic E-state index is 12.7. The van der Waals surface area contributed by atoms with Gasteiger partial charge in [-0.25, -0.2) is 0 Å². The quantitative estimate of drug-likeness (QED) is 0.530. The maximum Gasteiger partial charge on any atom is 0.262 e. The molecule has 148 valence electrons. The molecule has 5 nitrogen and oxygen atoms in total. The van der Waals surface area contributed by atoms with Crippen LogP contribution in [-0.4, -0.2) is 18.4 Å². The van der Waals surface area contributed by atoms with Crippen LogP contribution in [0.15, 0.2) is 71.2 Å². The van der Waals surface area contributed by atoms with Gasteiger partial charge in [0.05, 0.1) is 5.56 Å². The summed E-state index contributed by atoms with van der Waals surface area (Å²) < 4.78 is 6.55. The zero-order valence-electron chi connectivity index (χ0n) is 16.2. The first-order valence-corrected chi connectivity index (χ1v) is 9.87. The molecule has 29 heavy (non-hydrogen) atoms. The number of carbonyl (C=O) groups excluding carboxylic acids is 2. The van der Waals surface area contributed by atoms with Crippen molar-refractivity contribution in [2.24, 2.45) is 0 Å². The number of ether oxygens (including phenoxy) is 1. The Kier molecular flexibility index (Phi) is 6.67. The van der Waals surface area contributed by atoms with Crippen molar-refractivity contribution < 1.29 is 14.3 Å². The van der Waals surface area contributed by atoms with E-state index >= 15 is 0 Å². The average molecular weight is 453 g/mol. The number of amides is 2. The molecular formula is C23H21BrN2O3. The van der Waals surface area contributed by atoms with E-state index in [-0.39, 0.29) is 18.4 Å². The summed E-state index contributed by atoms with van der Waals surface area (Å²) in [6.07, 6.45) is 0. The van der Waals surface area contributed by atoms with Gasteiger partial charge in [0, 0.05) is 15.8 Å². The Morgan fingerprint density at radius 2 is 1.66 bits per heavy atom. The number of rotatable bonds is 6. The molecule has 0 bridgehead atoms. The van der Waals surface area contributed by atoms with Crippen molar-refractivity contribution in [1.82, 2.24) is 0 Å². The number of hydrogen-bond donors (Lipinski definition) is 2. The van der Waals surface area contributed by atoms with Crippen molar-refractivity contribution >= 4 is 39.1 Å². The maximum absolute atomic E-state index is 12.7. The molecule has 3 aromatic carbocycles. The fourth-order valence-corrected chi connectivity index (χ4v) is 3.06. The smallest absolute Gasteiger partial charge is 0.262 e. The van der Waals surface area contributed by atoms with Crippen molar-refractivity contribution in [3.05, 3.63) is 87.9 Å². The van der Waals surface area contributed by atoms with E-state index < -0.39 is 0 Å². The van der Waals surface area contributed by atoms with Gasteiger partial charge >= 0.3 is 0 Å². The highest BCUT2D eigenvalue weighted by atomic mass is 79.9. The molecule has 3 aromatic rings. The molecule has 2 amide bonds. The third-order valence-corrected chi connectivity index (χ3v) is 4.78. The molecule has 0 unspecified atom stereocenters. The molecule has 6 heteroatoms. The molecule has 0 aliphatic rings. The lowest BCUT2D eigenvalue weighted by Gasteiger charge is -2.13. The van der Waals surface area contributed by atoms with Gasteiger partial charge in [-0.05, 0) is 61.9 Å². The lowest BCUT2D eigenvalue weighted by Crippen LogP contribution is -2.21. The summed E-state index contributed by atoms with van der Waals surface area (Å²) >= 11 is 3.35. The largest absolute Gasteiger partial charge is 0.483 e. The van der Waals surface area contributed by atoms with Gasteiger partial charge in [0.2, 0.25) is 0 Å². The van der Waals surface area contributed by atoms with Gasteiger partial charge in [-0.15, -0.1) is 0 Å². The van der Waals surface area contributed by atoms with E-state index in [0.717, 1.165) is 21.3 Å². The highest BCUT2D eigenvalue weighted by molar-refractivity contribution is 9.10. The van der Waals surface area contributed by atoms with Gasteiger partial charge in [0.15, 0.2) is 6.61 Å². The SMILES string of the molecule is Cc1ccc(NC(=O)c2ccccc2OCC(=O)Nc2ccc(Br)cc2)c(C)c1. The molecule has 0 heterocycles. The highest BCUT2D eigenvalue weighted by Gasteiger charge is 2.14. The summed E-state index contributed by atoms with van der Waals surface area (Å²) in [5.41, 5.74) is 3.88. The fraction of sp³-hybridized carbons (Fsp3) is 0.130. The van der Waals surface area contributed by atoms with Gasteiger partial charge in [-0.2, -0.15) is 0 Å². The summed E-state index contributed by atoms with van der Waals surface area (Å²) in [6, 6.07) is 19.9. The van der Waals surface area contributed by atoms with Crippen LogP contribution in [0.5, 0.6) is 5.75 Å². The van der Waals surface area contributed by atoms with E-state index in [1.165, 1.54) is 0 Å². The molecule has 0 atom stereocenters. The van der Waals surface area contributed by atoms with Crippen LogP contribution in [-0.2, 0) is 4.79 Å². The van der Waals surface area contributed by atoms with E-state index in [4.69, 9.17) is 4.74 Å². The second kappa shape index (κ2) is 9.39. The Bertz CT molecular complexity index is 1030. The first kappa shape index (κ1) is 20.6. The highest BCUT2D eigenvalue weighted by Crippen LogP contribution is 2.22. The number of hydrogen-bond acceptors (Lipinski definition) is 3. The fourth-order valence-electron chi connectivity index (χ4n) is 2.80. The van der Waals surface area contributed by atoms with E-state index in [2.05, 4.69) is 26.6 Å². The van der Waals surface area contributed by atoms with Crippen molar-refractivity contribution in [1.29, 1.82) is 0 Å². The Morgan fingerprint density at radius 1 is 0.931 bits per heavy atom.